The second-order valence-electron chi connectivity index (χ2n) is 6.62. The van der Waals surface area contributed by atoms with Gasteiger partial charge in [-0.05, 0) is 36.8 Å². The molecule has 0 saturated carbocycles. The van der Waals surface area contributed by atoms with E-state index in [-0.39, 0.29) is 11.6 Å². The number of pyridine rings is 1. The highest BCUT2D eigenvalue weighted by molar-refractivity contribution is 6.12. The highest BCUT2D eigenvalue weighted by Crippen LogP contribution is 2.27. The van der Waals surface area contributed by atoms with Gasteiger partial charge in [0.15, 0.2) is 17.1 Å². The smallest absolute Gasteiger partial charge is 0.278 e. The van der Waals surface area contributed by atoms with Gasteiger partial charge in [-0.15, -0.1) is 0 Å². The zero-order valence-electron chi connectivity index (χ0n) is 16.4. The zero-order valence-corrected chi connectivity index (χ0v) is 16.4. The number of rotatable bonds is 5. The molecule has 0 spiro atoms. The summed E-state index contributed by atoms with van der Waals surface area (Å²) < 4.78 is 5.22. The molecule has 8 nitrogen and oxygen atoms in total. The van der Waals surface area contributed by atoms with Crippen molar-refractivity contribution in [3.05, 3.63) is 77.6 Å². The van der Waals surface area contributed by atoms with Crippen LogP contribution in [0.2, 0.25) is 0 Å². The normalized spacial score (nSPS) is 10.6. The predicted molar refractivity (Wildman–Crippen MR) is 114 cm³/mol. The molecular formula is C22H19N5O3. The molecule has 0 aliphatic heterocycles. The average Bonchev–Trinajstić information content (AvgIpc) is 3.20. The van der Waals surface area contributed by atoms with Gasteiger partial charge in [0, 0.05) is 18.9 Å². The Morgan fingerprint density at radius 3 is 2.53 bits per heavy atom. The molecule has 150 valence electrons. The molecule has 2 amide bonds. The van der Waals surface area contributed by atoms with E-state index < -0.39 is 5.91 Å². The van der Waals surface area contributed by atoms with E-state index in [2.05, 4.69) is 26.1 Å². The molecular weight excluding hydrogens is 382 g/mol. The molecule has 2 aromatic heterocycles. The Hall–Kier alpha value is -4.20. The number of nitrogens with one attached hydrogen (secondary N) is 3. The lowest BCUT2D eigenvalue weighted by Crippen LogP contribution is -2.20. The van der Waals surface area contributed by atoms with Gasteiger partial charge in [-0.1, -0.05) is 35.5 Å². The SMILES string of the molecule is CNC(=O)c1cnc(Nc2ccccc2C)c(NC(=O)c2noc3ccccc23)c1. The van der Waals surface area contributed by atoms with Crippen LogP contribution in [0.1, 0.15) is 26.4 Å². The van der Waals surface area contributed by atoms with E-state index in [0.29, 0.717) is 28.0 Å². The number of aromatic nitrogens is 2. The molecule has 30 heavy (non-hydrogen) atoms. The predicted octanol–water partition coefficient (Wildman–Crippen LogP) is 3.89. The Labute approximate surface area is 172 Å². The van der Waals surface area contributed by atoms with Crippen molar-refractivity contribution in [3.8, 4) is 0 Å². The summed E-state index contributed by atoms with van der Waals surface area (Å²) in [6.45, 7) is 1.96. The van der Waals surface area contributed by atoms with Gasteiger partial charge in [0.1, 0.15) is 0 Å². The van der Waals surface area contributed by atoms with E-state index in [0.717, 1.165) is 11.3 Å². The van der Waals surface area contributed by atoms with E-state index in [4.69, 9.17) is 4.52 Å². The van der Waals surface area contributed by atoms with Crippen molar-refractivity contribution in [1.29, 1.82) is 0 Å². The molecule has 0 radical (unpaired) electrons. The fraction of sp³-hybridized carbons (Fsp3) is 0.0909. The summed E-state index contributed by atoms with van der Waals surface area (Å²) in [7, 11) is 1.53. The van der Waals surface area contributed by atoms with Crippen molar-refractivity contribution in [2.75, 3.05) is 17.7 Å². The molecule has 0 saturated heterocycles. The van der Waals surface area contributed by atoms with Gasteiger partial charge in [0.25, 0.3) is 11.8 Å². The van der Waals surface area contributed by atoms with Crippen molar-refractivity contribution in [2.24, 2.45) is 0 Å². The lowest BCUT2D eigenvalue weighted by Gasteiger charge is -2.14. The summed E-state index contributed by atoms with van der Waals surface area (Å²) in [5, 5.41) is 13.0. The Bertz CT molecular complexity index is 1250. The molecule has 3 N–H and O–H groups in total. The third-order valence-corrected chi connectivity index (χ3v) is 4.62. The highest BCUT2D eigenvalue weighted by atomic mass is 16.5. The van der Waals surface area contributed by atoms with Crippen LogP contribution < -0.4 is 16.0 Å². The first kappa shape index (κ1) is 19.1. The van der Waals surface area contributed by atoms with E-state index in [1.165, 1.54) is 13.2 Å². The molecule has 0 aliphatic carbocycles. The number of hydrogen-bond donors (Lipinski definition) is 3. The van der Waals surface area contributed by atoms with E-state index in [9.17, 15) is 9.59 Å². The van der Waals surface area contributed by atoms with Crippen LogP contribution in [0, 0.1) is 6.92 Å². The molecule has 0 unspecified atom stereocenters. The van der Waals surface area contributed by atoms with Crippen molar-refractivity contribution in [3.63, 3.8) is 0 Å². The summed E-state index contributed by atoms with van der Waals surface area (Å²) in [5.74, 6) is -0.380. The topological polar surface area (TPSA) is 109 Å². The molecule has 0 bridgehead atoms. The summed E-state index contributed by atoms with van der Waals surface area (Å²) >= 11 is 0. The molecule has 2 heterocycles. The van der Waals surface area contributed by atoms with Gasteiger partial charge >= 0.3 is 0 Å². The van der Waals surface area contributed by atoms with Gasteiger partial charge in [0.2, 0.25) is 0 Å². The summed E-state index contributed by atoms with van der Waals surface area (Å²) in [4.78, 5) is 29.3. The van der Waals surface area contributed by atoms with Crippen LogP contribution in [0.4, 0.5) is 17.2 Å². The van der Waals surface area contributed by atoms with E-state index in [1.54, 1.807) is 30.3 Å². The molecule has 0 atom stereocenters. The average molecular weight is 401 g/mol. The van der Waals surface area contributed by atoms with Crippen LogP contribution in [0.5, 0.6) is 0 Å². The van der Waals surface area contributed by atoms with Crippen LogP contribution in [-0.4, -0.2) is 29.0 Å². The minimum Gasteiger partial charge on any atom is -0.355 e. The number of carbonyl (C=O) groups excluding carboxylic acids is 2. The van der Waals surface area contributed by atoms with Crippen molar-refractivity contribution < 1.29 is 14.1 Å². The van der Waals surface area contributed by atoms with Crippen molar-refractivity contribution in [2.45, 2.75) is 6.92 Å². The fourth-order valence-electron chi connectivity index (χ4n) is 3.00. The summed E-state index contributed by atoms with van der Waals surface area (Å²) in [6.07, 6.45) is 1.45. The number of benzene rings is 2. The third-order valence-electron chi connectivity index (χ3n) is 4.62. The number of carbonyl (C=O) groups is 2. The minimum absolute atomic E-state index is 0.151. The van der Waals surface area contributed by atoms with Gasteiger partial charge in [0.05, 0.1) is 16.6 Å². The molecule has 8 heteroatoms. The van der Waals surface area contributed by atoms with Gasteiger partial charge in [-0.2, -0.15) is 0 Å². The monoisotopic (exact) mass is 401 g/mol. The van der Waals surface area contributed by atoms with E-state index >= 15 is 0 Å². The van der Waals surface area contributed by atoms with Crippen molar-refractivity contribution >= 4 is 40.0 Å². The molecule has 0 fully saturated rings. The second kappa shape index (κ2) is 8.04. The lowest BCUT2D eigenvalue weighted by atomic mass is 10.2. The first-order chi connectivity index (χ1) is 14.6. The third kappa shape index (κ3) is 3.70. The molecule has 0 aliphatic rings. The van der Waals surface area contributed by atoms with Crippen LogP contribution in [0.3, 0.4) is 0 Å². The quantitative estimate of drug-likeness (QED) is 0.468. The zero-order chi connectivity index (χ0) is 21.1. The maximum absolute atomic E-state index is 12.9. The maximum Gasteiger partial charge on any atom is 0.278 e. The largest absolute Gasteiger partial charge is 0.355 e. The number of aryl methyl sites for hydroxylation is 1. The van der Waals surface area contributed by atoms with Crippen LogP contribution in [0.25, 0.3) is 11.0 Å². The van der Waals surface area contributed by atoms with Gasteiger partial charge in [-0.3, -0.25) is 9.59 Å². The standard InChI is InChI=1S/C22H19N5O3/c1-13-7-3-5-9-16(13)25-20-17(11-14(12-24-20)21(28)23-2)26-22(29)19-15-8-4-6-10-18(15)30-27-19/h3-12H,1-2H3,(H,23,28)(H,24,25)(H,26,29). The first-order valence-electron chi connectivity index (χ1n) is 9.27. The van der Waals surface area contributed by atoms with Crippen molar-refractivity contribution in [1.82, 2.24) is 15.5 Å². The Morgan fingerprint density at radius 1 is 0.967 bits per heavy atom. The Balaban J connectivity index is 1.71. The van der Waals surface area contributed by atoms with Gasteiger partial charge < -0.3 is 20.5 Å². The number of hydrogen-bond acceptors (Lipinski definition) is 6. The maximum atomic E-state index is 12.9. The van der Waals surface area contributed by atoms with Gasteiger partial charge in [-0.25, -0.2) is 4.98 Å². The Morgan fingerprint density at radius 2 is 1.73 bits per heavy atom. The van der Waals surface area contributed by atoms with Crippen LogP contribution >= 0.6 is 0 Å². The first-order valence-corrected chi connectivity index (χ1v) is 9.27. The highest BCUT2D eigenvalue weighted by Gasteiger charge is 2.19. The van der Waals surface area contributed by atoms with Crippen LogP contribution in [-0.2, 0) is 0 Å². The fourth-order valence-corrected chi connectivity index (χ4v) is 3.00. The van der Waals surface area contributed by atoms with E-state index in [1.807, 2.05) is 31.2 Å². The molecule has 4 rings (SSSR count). The lowest BCUT2D eigenvalue weighted by molar-refractivity contribution is 0.0961. The second-order valence-corrected chi connectivity index (χ2v) is 6.62. The number of amides is 2. The minimum atomic E-state index is -0.469. The number of anilines is 3. The molecule has 4 aromatic rings. The number of nitrogens with zero attached hydrogens (tertiary/aromatic N) is 2. The molecule has 2 aromatic carbocycles. The summed E-state index contributed by atoms with van der Waals surface area (Å²) in [6, 6.07) is 16.3. The summed E-state index contributed by atoms with van der Waals surface area (Å²) in [5.41, 5.74) is 3.16. The number of para-hydroxylation sites is 2. The Kier molecular flexibility index (Phi) is 5.13. The van der Waals surface area contributed by atoms with Crippen LogP contribution in [0.15, 0.2) is 65.3 Å². The number of fused-ring (bicyclic) bond motifs is 1.